The van der Waals surface area contributed by atoms with Crippen LogP contribution in [0, 0.1) is 5.82 Å². The molecular formula is C26H29BrFNO2. The Balaban J connectivity index is 1.61. The van der Waals surface area contributed by atoms with Gasteiger partial charge in [0.05, 0.1) is 6.61 Å². The fraction of sp³-hybridized carbons (Fsp3) is 0.308. The highest BCUT2D eigenvalue weighted by Crippen LogP contribution is 2.34. The first-order valence-electron chi connectivity index (χ1n) is 10.7. The zero-order valence-corrected chi connectivity index (χ0v) is 19.6. The highest BCUT2D eigenvalue weighted by atomic mass is 79.9. The number of halogens is 2. The molecule has 0 bridgehead atoms. The van der Waals surface area contributed by atoms with E-state index in [1.807, 2.05) is 25.1 Å². The van der Waals surface area contributed by atoms with Gasteiger partial charge in [0.25, 0.3) is 0 Å². The second-order valence-corrected chi connectivity index (χ2v) is 8.36. The van der Waals surface area contributed by atoms with Crippen LogP contribution in [0.5, 0.6) is 11.5 Å². The molecule has 0 aliphatic heterocycles. The predicted molar refractivity (Wildman–Crippen MR) is 127 cm³/mol. The van der Waals surface area contributed by atoms with E-state index < -0.39 is 0 Å². The number of nitrogens with one attached hydrogen (secondary N) is 1. The van der Waals surface area contributed by atoms with Crippen LogP contribution in [0.25, 0.3) is 0 Å². The number of hydrogen-bond donors (Lipinski definition) is 1. The van der Waals surface area contributed by atoms with Crippen molar-refractivity contribution in [3.05, 3.63) is 93.7 Å². The van der Waals surface area contributed by atoms with Crippen LogP contribution >= 0.6 is 15.9 Å². The Labute approximate surface area is 192 Å². The molecule has 3 aromatic carbocycles. The Hall–Kier alpha value is -2.37. The van der Waals surface area contributed by atoms with Crippen molar-refractivity contribution in [3.63, 3.8) is 0 Å². The minimum absolute atomic E-state index is 0.146. The van der Waals surface area contributed by atoms with Gasteiger partial charge < -0.3 is 14.8 Å². The van der Waals surface area contributed by atoms with Gasteiger partial charge in [-0.15, -0.1) is 0 Å². The van der Waals surface area contributed by atoms with E-state index in [-0.39, 0.29) is 12.4 Å². The molecule has 3 aromatic rings. The maximum absolute atomic E-state index is 13.9. The summed E-state index contributed by atoms with van der Waals surface area (Å²) in [5.74, 6) is 0.985. The SMILES string of the molecule is CCOc1cc(CNC(C)CCc2ccccc2)c(Br)cc1OCc1ccccc1F. The Kier molecular flexibility index (Phi) is 8.92. The van der Waals surface area contributed by atoms with Crippen molar-refractivity contribution in [2.24, 2.45) is 0 Å². The van der Waals surface area contributed by atoms with E-state index in [4.69, 9.17) is 9.47 Å². The lowest BCUT2D eigenvalue weighted by Crippen LogP contribution is -2.26. The maximum atomic E-state index is 13.9. The van der Waals surface area contributed by atoms with Crippen LogP contribution in [0.2, 0.25) is 0 Å². The molecule has 3 nitrogen and oxygen atoms in total. The molecule has 0 spiro atoms. The smallest absolute Gasteiger partial charge is 0.162 e. The molecule has 0 saturated heterocycles. The van der Waals surface area contributed by atoms with E-state index >= 15 is 0 Å². The van der Waals surface area contributed by atoms with Crippen molar-refractivity contribution in [2.75, 3.05) is 6.61 Å². The second-order valence-electron chi connectivity index (χ2n) is 7.51. The Morgan fingerprint density at radius 3 is 2.39 bits per heavy atom. The van der Waals surface area contributed by atoms with E-state index in [0.29, 0.717) is 36.3 Å². The van der Waals surface area contributed by atoms with Crippen LogP contribution in [0.1, 0.15) is 37.0 Å². The lowest BCUT2D eigenvalue weighted by atomic mass is 10.1. The van der Waals surface area contributed by atoms with Crippen LogP contribution < -0.4 is 14.8 Å². The number of aryl methyl sites for hydroxylation is 1. The fourth-order valence-corrected chi connectivity index (χ4v) is 3.74. The molecular weight excluding hydrogens is 457 g/mol. The summed E-state index contributed by atoms with van der Waals surface area (Å²) in [5.41, 5.74) is 2.96. The lowest BCUT2D eigenvalue weighted by Gasteiger charge is -2.18. The molecule has 0 aliphatic carbocycles. The van der Waals surface area contributed by atoms with Gasteiger partial charge in [0, 0.05) is 22.6 Å². The van der Waals surface area contributed by atoms with Crippen LogP contribution in [0.4, 0.5) is 4.39 Å². The minimum Gasteiger partial charge on any atom is -0.490 e. The zero-order valence-electron chi connectivity index (χ0n) is 18.0. The number of rotatable bonds is 11. The van der Waals surface area contributed by atoms with Crippen LogP contribution in [-0.2, 0) is 19.6 Å². The molecule has 0 aromatic heterocycles. The van der Waals surface area contributed by atoms with Crippen molar-refractivity contribution in [2.45, 2.75) is 45.9 Å². The summed E-state index contributed by atoms with van der Waals surface area (Å²) in [4.78, 5) is 0. The monoisotopic (exact) mass is 485 g/mol. The molecule has 0 amide bonds. The van der Waals surface area contributed by atoms with E-state index in [9.17, 15) is 4.39 Å². The third-order valence-corrected chi connectivity index (χ3v) is 5.84. The third kappa shape index (κ3) is 7.08. The lowest BCUT2D eigenvalue weighted by molar-refractivity contribution is 0.265. The topological polar surface area (TPSA) is 30.5 Å². The first-order valence-corrected chi connectivity index (χ1v) is 11.4. The summed E-state index contributed by atoms with van der Waals surface area (Å²) in [5, 5.41) is 3.59. The van der Waals surface area contributed by atoms with E-state index in [1.165, 1.54) is 11.6 Å². The molecule has 3 rings (SSSR count). The highest BCUT2D eigenvalue weighted by molar-refractivity contribution is 9.10. The molecule has 0 fully saturated rings. The largest absolute Gasteiger partial charge is 0.490 e. The van der Waals surface area contributed by atoms with E-state index in [0.717, 1.165) is 22.9 Å². The van der Waals surface area contributed by atoms with Gasteiger partial charge >= 0.3 is 0 Å². The Bertz CT molecular complexity index is 965. The van der Waals surface area contributed by atoms with Gasteiger partial charge in [-0.3, -0.25) is 0 Å². The molecule has 1 unspecified atom stereocenters. The van der Waals surface area contributed by atoms with Gasteiger partial charge in [-0.05, 0) is 56.0 Å². The minimum atomic E-state index is -0.273. The van der Waals surface area contributed by atoms with Crippen molar-refractivity contribution in [1.82, 2.24) is 5.32 Å². The van der Waals surface area contributed by atoms with Crippen molar-refractivity contribution in [3.8, 4) is 11.5 Å². The summed E-state index contributed by atoms with van der Waals surface area (Å²) < 4.78 is 26.5. The standard InChI is InChI=1S/C26H29BrFNO2/c1-3-30-25-15-22(17-29-19(2)13-14-20-9-5-4-6-10-20)23(27)16-26(25)31-18-21-11-7-8-12-24(21)28/h4-12,15-16,19,29H,3,13-14,17-18H2,1-2H3. The van der Waals surface area contributed by atoms with Crippen molar-refractivity contribution in [1.29, 1.82) is 0 Å². The van der Waals surface area contributed by atoms with Gasteiger partial charge in [0.1, 0.15) is 12.4 Å². The van der Waals surface area contributed by atoms with Gasteiger partial charge in [0.2, 0.25) is 0 Å². The molecule has 1 atom stereocenters. The van der Waals surface area contributed by atoms with Crippen LogP contribution in [-0.4, -0.2) is 12.6 Å². The Morgan fingerprint density at radius 1 is 0.935 bits per heavy atom. The van der Waals surface area contributed by atoms with Gasteiger partial charge in [-0.25, -0.2) is 4.39 Å². The highest BCUT2D eigenvalue weighted by Gasteiger charge is 2.13. The molecule has 164 valence electrons. The van der Waals surface area contributed by atoms with Crippen molar-refractivity contribution >= 4 is 15.9 Å². The zero-order chi connectivity index (χ0) is 22.1. The molecule has 1 N–H and O–H groups in total. The van der Waals surface area contributed by atoms with Crippen LogP contribution in [0.15, 0.2) is 71.2 Å². The van der Waals surface area contributed by atoms with Gasteiger partial charge in [-0.1, -0.05) is 64.5 Å². The second kappa shape index (κ2) is 11.9. The van der Waals surface area contributed by atoms with Crippen molar-refractivity contribution < 1.29 is 13.9 Å². The molecule has 5 heteroatoms. The maximum Gasteiger partial charge on any atom is 0.162 e. The summed E-state index contributed by atoms with van der Waals surface area (Å²) in [6.07, 6.45) is 2.10. The number of benzene rings is 3. The molecule has 0 saturated carbocycles. The summed E-state index contributed by atoms with van der Waals surface area (Å²) in [6.45, 7) is 5.52. The average Bonchev–Trinajstić information content (AvgIpc) is 2.78. The number of ether oxygens (including phenoxy) is 2. The number of hydrogen-bond acceptors (Lipinski definition) is 3. The summed E-state index contributed by atoms with van der Waals surface area (Å²) in [6, 6.07) is 21.4. The average molecular weight is 486 g/mol. The normalized spacial score (nSPS) is 11.9. The first kappa shape index (κ1) is 23.3. The molecule has 0 aliphatic rings. The summed E-state index contributed by atoms with van der Waals surface area (Å²) >= 11 is 3.65. The molecule has 0 heterocycles. The first-order chi connectivity index (χ1) is 15.1. The van der Waals surface area contributed by atoms with Gasteiger partial charge in [0.15, 0.2) is 11.5 Å². The predicted octanol–water partition coefficient (Wildman–Crippen LogP) is 6.68. The van der Waals surface area contributed by atoms with Gasteiger partial charge in [-0.2, -0.15) is 0 Å². The fourth-order valence-electron chi connectivity index (χ4n) is 3.28. The molecule has 0 radical (unpaired) electrons. The van der Waals surface area contributed by atoms with Crippen LogP contribution in [0.3, 0.4) is 0 Å². The summed E-state index contributed by atoms with van der Waals surface area (Å²) in [7, 11) is 0. The Morgan fingerprint density at radius 2 is 1.65 bits per heavy atom. The molecule has 31 heavy (non-hydrogen) atoms. The van der Waals surface area contributed by atoms with E-state index in [2.05, 4.69) is 52.4 Å². The quantitative estimate of drug-likeness (QED) is 0.328. The third-order valence-electron chi connectivity index (χ3n) is 5.10. The van der Waals surface area contributed by atoms with E-state index in [1.54, 1.807) is 18.2 Å².